The summed E-state index contributed by atoms with van der Waals surface area (Å²) in [4.78, 5) is 20.9. The van der Waals surface area contributed by atoms with Crippen molar-refractivity contribution in [2.24, 2.45) is 0 Å². The fraction of sp³-hybridized carbons (Fsp3) is 0.381. The summed E-state index contributed by atoms with van der Waals surface area (Å²) < 4.78 is 0. The molecule has 0 aliphatic carbocycles. The van der Waals surface area contributed by atoms with E-state index >= 15 is 0 Å². The molecule has 0 radical (unpaired) electrons. The molecule has 2 aliphatic heterocycles. The monoisotopic (exact) mass is 418 g/mol. The first-order valence-electron chi connectivity index (χ1n) is 9.73. The first kappa shape index (κ1) is 20.9. The maximum absolute atomic E-state index is 12.9. The minimum absolute atomic E-state index is 0. The minimum Gasteiger partial charge on any atom is -0.506 e. The summed E-state index contributed by atoms with van der Waals surface area (Å²) in [6.45, 7) is 5.42. The number of carbonyl (C=O) groups excluding carboxylic acids is 1. The number of phenolic OH excluding ortho intramolecular Hbond substituents is 2. The Labute approximate surface area is 177 Å². The molecule has 8 heteroatoms. The molecule has 0 spiro atoms. The van der Waals surface area contributed by atoms with Crippen molar-refractivity contribution < 1.29 is 15.0 Å². The fourth-order valence-corrected chi connectivity index (χ4v) is 3.94. The van der Waals surface area contributed by atoms with Gasteiger partial charge in [0.05, 0.1) is 11.4 Å². The number of para-hydroxylation sites is 4. The lowest BCUT2D eigenvalue weighted by atomic mass is 10.2. The molecule has 2 fully saturated rings. The number of anilines is 2. The van der Waals surface area contributed by atoms with Crippen molar-refractivity contribution in [3.05, 3.63) is 48.5 Å². The van der Waals surface area contributed by atoms with Crippen LogP contribution in [0.5, 0.6) is 11.5 Å². The van der Waals surface area contributed by atoms with E-state index in [1.165, 1.54) is 0 Å². The highest BCUT2D eigenvalue weighted by Gasteiger charge is 2.28. The van der Waals surface area contributed by atoms with Crippen LogP contribution in [0, 0.1) is 0 Å². The SMILES string of the molecule is Cl.O=C(N1CCN(c2ccccc2O)CC1)N1CCN(c2ccccc2O)CC1. The van der Waals surface area contributed by atoms with Crippen molar-refractivity contribution in [3.63, 3.8) is 0 Å². The zero-order valence-corrected chi connectivity index (χ0v) is 17.1. The molecule has 29 heavy (non-hydrogen) atoms. The summed E-state index contributed by atoms with van der Waals surface area (Å²) in [5.41, 5.74) is 1.65. The number of benzene rings is 2. The Morgan fingerprint density at radius 1 is 0.621 bits per heavy atom. The molecule has 0 saturated carbocycles. The Bertz CT molecular complexity index is 767. The topological polar surface area (TPSA) is 70.5 Å². The average molecular weight is 419 g/mol. The number of nitrogens with zero attached hydrogens (tertiary/aromatic N) is 4. The number of carbonyl (C=O) groups is 1. The predicted octanol–water partition coefficient (Wildman–Crippen LogP) is 2.58. The summed E-state index contributed by atoms with van der Waals surface area (Å²) in [5, 5.41) is 20.1. The van der Waals surface area contributed by atoms with E-state index < -0.39 is 0 Å². The van der Waals surface area contributed by atoms with Crippen molar-refractivity contribution in [2.45, 2.75) is 0 Å². The largest absolute Gasteiger partial charge is 0.506 e. The van der Waals surface area contributed by atoms with Crippen molar-refractivity contribution in [1.82, 2.24) is 9.80 Å². The van der Waals surface area contributed by atoms with E-state index in [-0.39, 0.29) is 29.9 Å². The quantitative estimate of drug-likeness (QED) is 0.784. The van der Waals surface area contributed by atoms with Gasteiger partial charge in [-0.05, 0) is 24.3 Å². The second-order valence-electron chi connectivity index (χ2n) is 7.21. The summed E-state index contributed by atoms with van der Waals surface area (Å²) in [5.74, 6) is 0.560. The third kappa shape index (κ3) is 4.45. The molecule has 156 valence electrons. The highest BCUT2D eigenvalue weighted by atomic mass is 35.5. The van der Waals surface area contributed by atoms with Gasteiger partial charge in [-0.25, -0.2) is 4.79 Å². The zero-order chi connectivity index (χ0) is 19.5. The lowest BCUT2D eigenvalue weighted by molar-refractivity contribution is 0.147. The van der Waals surface area contributed by atoms with Crippen LogP contribution in [-0.4, -0.2) is 78.4 Å². The summed E-state index contributed by atoms with van der Waals surface area (Å²) in [7, 11) is 0. The molecular formula is C21H27ClN4O3. The molecule has 0 bridgehead atoms. The van der Waals surface area contributed by atoms with Crippen molar-refractivity contribution in [1.29, 1.82) is 0 Å². The lowest BCUT2D eigenvalue weighted by Gasteiger charge is -2.41. The molecule has 2 saturated heterocycles. The predicted molar refractivity (Wildman–Crippen MR) is 116 cm³/mol. The first-order chi connectivity index (χ1) is 13.6. The number of amides is 2. The van der Waals surface area contributed by atoms with Gasteiger partial charge in [-0.3, -0.25) is 0 Å². The van der Waals surface area contributed by atoms with E-state index in [1.807, 2.05) is 46.2 Å². The van der Waals surface area contributed by atoms with Gasteiger partial charge in [0.25, 0.3) is 0 Å². The van der Waals surface area contributed by atoms with Gasteiger partial charge in [0, 0.05) is 52.4 Å². The Morgan fingerprint density at radius 2 is 0.966 bits per heavy atom. The van der Waals surface area contributed by atoms with Crippen LogP contribution in [0.25, 0.3) is 0 Å². The van der Waals surface area contributed by atoms with Crippen LogP contribution in [0.2, 0.25) is 0 Å². The van der Waals surface area contributed by atoms with Crippen LogP contribution in [0.1, 0.15) is 0 Å². The molecule has 2 N–H and O–H groups in total. The van der Waals surface area contributed by atoms with Crippen LogP contribution in [0.15, 0.2) is 48.5 Å². The van der Waals surface area contributed by atoms with Crippen molar-refractivity contribution in [3.8, 4) is 11.5 Å². The Balaban J connectivity index is 0.00000240. The van der Waals surface area contributed by atoms with Crippen molar-refractivity contribution in [2.75, 3.05) is 62.2 Å². The number of hydrogen-bond acceptors (Lipinski definition) is 5. The molecule has 2 aliphatic rings. The second kappa shape index (κ2) is 9.13. The number of piperazine rings is 2. The van der Waals surface area contributed by atoms with Gasteiger partial charge in [0.15, 0.2) is 0 Å². The van der Waals surface area contributed by atoms with Gasteiger partial charge in [-0.15, -0.1) is 12.4 Å². The highest BCUT2D eigenvalue weighted by Crippen LogP contribution is 2.28. The smallest absolute Gasteiger partial charge is 0.320 e. The van der Waals surface area contributed by atoms with Crippen LogP contribution in [0.4, 0.5) is 16.2 Å². The van der Waals surface area contributed by atoms with E-state index in [0.717, 1.165) is 11.4 Å². The number of urea groups is 1. The standard InChI is InChI=1S/C21H26N4O3.ClH/c26-19-7-3-1-5-17(19)22-9-13-24(14-10-22)21(28)25-15-11-23(12-16-25)18-6-2-4-8-20(18)27;/h1-8,26-27H,9-16H2;1H. The Hall–Kier alpha value is -2.80. The number of rotatable bonds is 2. The summed E-state index contributed by atoms with van der Waals surface area (Å²) in [6, 6.07) is 14.7. The van der Waals surface area contributed by atoms with Crippen LogP contribution in [0.3, 0.4) is 0 Å². The third-order valence-corrected chi connectivity index (χ3v) is 5.55. The lowest BCUT2D eigenvalue weighted by Crippen LogP contribution is -2.57. The molecule has 0 unspecified atom stereocenters. The normalized spacial score (nSPS) is 17.1. The maximum Gasteiger partial charge on any atom is 0.320 e. The van der Waals surface area contributed by atoms with Crippen molar-refractivity contribution >= 4 is 29.8 Å². The van der Waals surface area contributed by atoms with Gasteiger partial charge < -0.3 is 29.8 Å². The minimum atomic E-state index is 0. The number of aromatic hydroxyl groups is 2. The first-order valence-corrected chi connectivity index (χ1v) is 9.73. The van der Waals surface area contributed by atoms with E-state index in [9.17, 15) is 15.0 Å². The van der Waals surface area contributed by atoms with E-state index in [1.54, 1.807) is 12.1 Å². The molecule has 2 aromatic rings. The van der Waals surface area contributed by atoms with Crippen LogP contribution < -0.4 is 9.80 Å². The van der Waals surface area contributed by atoms with E-state index in [2.05, 4.69) is 9.80 Å². The Kier molecular flexibility index (Phi) is 6.59. The molecule has 0 aromatic heterocycles. The zero-order valence-electron chi connectivity index (χ0n) is 16.3. The second-order valence-corrected chi connectivity index (χ2v) is 7.21. The van der Waals surface area contributed by atoms with Gasteiger partial charge >= 0.3 is 6.03 Å². The molecule has 7 nitrogen and oxygen atoms in total. The van der Waals surface area contributed by atoms with E-state index in [0.29, 0.717) is 52.4 Å². The van der Waals surface area contributed by atoms with Gasteiger partial charge in [-0.2, -0.15) is 0 Å². The maximum atomic E-state index is 12.9. The van der Waals surface area contributed by atoms with Gasteiger partial charge in [-0.1, -0.05) is 24.3 Å². The molecule has 2 heterocycles. The van der Waals surface area contributed by atoms with Crippen LogP contribution >= 0.6 is 12.4 Å². The highest BCUT2D eigenvalue weighted by molar-refractivity contribution is 5.85. The molecule has 2 aromatic carbocycles. The van der Waals surface area contributed by atoms with E-state index in [4.69, 9.17) is 0 Å². The number of phenols is 2. The van der Waals surface area contributed by atoms with Gasteiger partial charge in [0.2, 0.25) is 0 Å². The number of halogens is 1. The molecular weight excluding hydrogens is 392 g/mol. The summed E-state index contributed by atoms with van der Waals surface area (Å²) in [6.07, 6.45) is 0. The average Bonchev–Trinajstić information content (AvgIpc) is 2.74. The number of hydrogen-bond donors (Lipinski definition) is 2. The molecule has 2 amide bonds. The fourth-order valence-electron chi connectivity index (χ4n) is 3.94. The Morgan fingerprint density at radius 3 is 1.31 bits per heavy atom. The molecule has 4 rings (SSSR count). The van der Waals surface area contributed by atoms with Crippen LogP contribution in [-0.2, 0) is 0 Å². The summed E-state index contributed by atoms with van der Waals surface area (Å²) >= 11 is 0. The van der Waals surface area contributed by atoms with Gasteiger partial charge in [0.1, 0.15) is 11.5 Å². The molecule has 0 atom stereocenters. The third-order valence-electron chi connectivity index (χ3n) is 5.55.